The van der Waals surface area contributed by atoms with Gasteiger partial charge in [0.15, 0.2) is 0 Å². The highest BCUT2D eigenvalue weighted by atomic mass is 16.5. The fraction of sp³-hybridized carbons (Fsp3) is 0.125. The van der Waals surface area contributed by atoms with Crippen LogP contribution in [0.15, 0.2) is 29.4 Å². The van der Waals surface area contributed by atoms with Gasteiger partial charge in [-0.3, -0.25) is 10.7 Å². The van der Waals surface area contributed by atoms with E-state index in [-0.39, 0.29) is 0 Å². The zero-order valence-electron chi connectivity index (χ0n) is 6.65. The van der Waals surface area contributed by atoms with Crippen molar-refractivity contribution in [3.63, 3.8) is 0 Å². The number of para-hydroxylation sites is 1. The quantitative estimate of drug-likeness (QED) is 0.356. The van der Waals surface area contributed by atoms with Gasteiger partial charge in [-0.2, -0.15) is 0 Å². The first-order valence-corrected chi connectivity index (χ1v) is 3.47. The molecule has 1 rings (SSSR count). The van der Waals surface area contributed by atoms with Crippen LogP contribution in [-0.2, 0) is 0 Å². The fourth-order valence-corrected chi connectivity index (χ4v) is 0.950. The lowest BCUT2D eigenvalue weighted by Gasteiger charge is -2.04. The van der Waals surface area contributed by atoms with Crippen LogP contribution in [0.3, 0.4) is 0 Å². The van der Waals surface area contributed by atoms with E-state index >= 15 is 0 Å². The molecule has 0 fully saturated rings. The van der Waals surface area contributed by atoms with Crippen molar-refractivity contribution in [2.75, 3.05) is 5.48 Å². The molecule has 0 aliphatic rings. The van der Waals surface area contributed by atoms with E-state index in [4.69, 9.17) is 10.4 Å². The Morgan fingerprint density at radius 2 is 2.08 bits per heavy atom. The average molecular weight is 166 g/mol. The van der Waals surface area contributed by atoms with Crippen molar-refractivity contribution < 1.29 is 10.4 Å². The van der Waals surface area contributed by atoms with Crippen LogP contribution in [0.2, 0.25) is 0 Å². The lowest BCUT2D eigenvalue weighted by Crippen LogP contribution is -2.00. The van der Waals surface area contributed by atoms with E-state index in [1.807, 2.05) is 5.48 Å². The predicted octanol–water partition coefficient (Wildman–Crippen LogP) is 1.69. The van der Waals surface area contributed by atoms with Gasteiger partial charge in [0.05, 0.1) is 11.4 Å². The second-order valence-corrected chi connectivity index (χ2v) is 2.34. The molecule has 0 aliphatic carbocycles. The number of nitrogens with one attached hydrogen (secondary N) is 1. The van der Waals surface area contributed by atoms with Crippen molar-refractivity contribution >= 4 is 11.4 Å². The Morgan fingerprint density at radius 3 is 2.67 bits per heavy atom. The molecule has 0 spiro atoms. The van der Waals surface area contributed by atoms with Gasteiger partial charge in [-0.05, 0) is 13.0 Å². The molecule has 0 atom stereocenters. The minimum atomic E-state index is 0.451. The number of anilines is 1. The molecule has 4 nitrogen and oxygen atoms in total. The zero-order chi connectivity index (χ0) is 8.97. The van der Waals surface area contributed by atoms with Crippen LogP contribution in [0.25, 0.3) is 0 Å². The standard InChI is InChI=1S/C8H10N2O2/c1-6(9-11)7-4-2-3-5-8(7)10-12/h2-5,10-12H,1H3/b9-6-. The van der Waals surface area contributed by atoms with Crippen LogP contribution < -0.4 is 5.48 Å². The highest BCUT2D eigenvalue weighted by Crippen LogP contribution is 2.14. The van der Waals surface area contributed by atoms with E-state index < -0.39 is 0 Å². The van der Waals surface area contributed by atoms with Gasteiger partial charge in [0.25, 0.3) is 0 Å². The molecule has 0 heterocycles. The third-order valence-corrected chi connectivity index (χ3v) is 1.59. The van der Waals surface area contributed by atoms with Gasteiger partial charge in [-0.1, -0.05) is 23.4 Å². The van der Waals surface area contributed by atoms with Gasteiger partial charge >= 0.3 is 0 Å². The molecule has 0 saturated carbocycles. The molecule has 0 saturated heterocycles. The summed E-state index contributed by atoms with van der Waals surface area (Å²) in [5.74, 6) is 0. The van der Waals surface area contributed by atoms with Crippen molar-refractivity contribution in [1.29, 1.82) is 0 Å². The third kappa shape index (κ3) is 1.54. The molecule has 0 aromatic heterocycles. The second-order valence-electron chi connectivity index (χ2n) is 2.34. The molecule has 0 amide bonds. The van der Waals surface area contributed by atoms with Gasteiger partial charge in [0, 0.05) is 5.56 Å². The lowest BCUT2D eigenvalue weighted by molar-refractivity contribution is 0.319. The van der Waals surface area contributed by atoms with Crippen LogP contribution in [-0.4, -0.2) is 16.1 Å². The van der Waals surface area contributed by atoms with Crippen LogP contribution in [0.5, 0.6) is 0 Å². The molecule has 0 unspecified atom stereocenters. The summed E-state index contributed by atoms with van der Waals surface area (Å²) in [6, 6.07) is 7.00. The smallest absolute Gasteiger partial charge is 0.0858 e. The maximum absolute atomic E-state index is 8.68. The first-order chi connectivity index (χ1) is 5.79. The first-order valence-electron chi connectivity index (χ1n) is 3.47. The lowest BCUT2D eigenvalue weighted by atomic mass is 10.1. The summed E-state index contributed by atoms with van der Waals surface area (Å²) in [7, 11) is 0. The van der Waals surface area contributed by atoms with Crippen LogP contribution in [0, 0.1) is 0 Å². The molecule has 0 radical (unpaired) electrons. The van der Waals surface area contributed by atoms with Gasteiger partial charge < -0.3 is 5.21 Å². The van der Waals surface area contributed by atoms with Crippen molar-refractivity contribution in [2.24, 2.45) is 5.16 Å². The Morgan fingerprint density at radius 1 is 1.42 bits per heavy atom. The van der Waals surface area contributed by atoms with Gasteiger partial charge in [-0.25, -0.2) is 0 Å². The molecule has 12 heavy (non-hydrogen) atoms. The van der Waals surface area contributed by atoms with Crippen LogP contribution in [0.1, 0.15) is 12.5 Å². The summed E-state index contributed by atoms with van der Waals surface area (Å²) >= 11 is 0. The number of oxime groups is 1. The normalized spacial score (nSPS) is 11.3. The molecule has 1 aromatic carbocycles. The van der Waals surface area contributed by atoms with E-state index in [2.05, 4.69) is 5.16 Å². The number of hydrogen-bond donors (Lipinski definition) is 3. The topological polar surface area (TPSA) is 64.9 Å². The molecule has 64 valence electrons. The van der Waals surface area contributed by atoms with E-state index in [1.165, 1.54) is 0 Å². The summed E-state index contributed by atoms with van der Waals surface area (Å²) in [4.78, 5) is 0. The molecular formula is C8H10N2O2. The largest absolute Gasteiger partial charge is 0.411 e. The molecule has 0 bridgehead atoms. The minimum Gasteiger partial charge on any atom is -0.411 e. The number of hydrogen-bond acceptors (Lipinski definition) is 4. The monoisotopic (exact) mass is 166 g/mol. The predicted molar refractivity (Wildman–Crippen MR) is 45.8 cm³/mol. The van der Waals surface area contributed by atoms with E-state index in [9.17, 15) is 0 Å². The molecular weight excluding hydrogens is 156 g/mol. The minimum absolute atomic E-state index is 0.451. The average Bonchev–Trinajstić information content (AvgIpc) is 2.16. The number of nitrogens with zero attached hydrogens (tertiary/aromatic N) is 1. The van der Waals surface area contributed by atoms with Gasteiger partial charge in [-0.15, -0.1) is 0 Å². The van der Waals surface area contributed by atoms with E-state index in [0.29, 0.717) is 17.0 Å². The van der Waals surface area contributed by atoms with Crippen molar-refractivity contribution in [3.8, 4) is 0 Å². The van der Waals surface area contributed by atoms with Crippen molar-refractivity contribution in [2.45, 2.75) is 6.92 Å². The maximum atomic E-state index is 8.68. The maximum Gasteiger partial charge on any atom is 0.0858 e. The van der Waals surface area contributed by atoms with Crippen molar-refractivity contribution in [1.82, 2.24) is 0 Å². The van der Waals surface area contributed by atoms with Gasteiger partial charge in [0.1, 0.15) is 0 Å². The Kier molecular flexibility index (Phi) is 2.66. The van der Waals surface area contributed by atoms with E-state index in [1.54, 1.807) is 31.2 Å². The SMILES string of the molecule is C/C(=N/O)c1ccccc1NO. The number of rotatable bonds is 2. The Balaban J connectivity index is 3.13. The summed E-state index contributed by atoms with van der Waals surface area (Å²) < 4.78 is 0. The van der Waals surface area contributed by atoms with E-state index in [0.717, 1.165) is 0 Å². The fourth-order valence-electron chi connectivity index (χ4n) is 0.950. The Bertz CT molecular complexity index is 297. The second kappa shape index (κ2) is 3.73. The summed E-state index contributed by atoms with van der Waals surface area (Å²) in [6.45, 7) is 1.65. The van der Waals surface area contributed by atoms with Crippen molar-refractivity contribution in [3.05, 3.63) is 29.8 Å². The summed E-state index contributed by atoms with van der Waals surface area (Å²) in [5, 5.41) is 20.2. The Labute approximate surface area is 70.1 Å². The molecule has 3 N–H and O–H groups in total. The summed E-state index contributed by atoms with van der Waals surface area (Å²) in [6.07, 6.45) is 0. The zero-order valence-corrected chi connectivity index (χ0v) is 6.65. The molecule has 0 aliphatic heterocycles. The number of benzene rings is 1. The summed E-state index contributed by atoms with van der Waals surface area (Å²) in [5.41, 5.74) is 3.66. The third-order valence-electron chi connectivity index (χ3n) is 1.59. The highest BCUT2D eigenvalue weighted by molar-refractivity contribution is 6.02. The molecule has 1 aromatic rings. The first kappa shape index (κ1) is 8.55. The van der Waals surface area contributed by atoms with Crippen LogP contribution in [0.4, 0.5) is 5.69 Å². The molecule has 4 heteroatoms. The Hall–Kier alpha value is -1.55. The highest BCUT2D eigenvalue weighted by Gasteiger charge is 2.02. The van der Waals surface area contributed by atoms with Crippen LogP contribution >= 0.6 is 0 Å². The van der Waals surface area contributed by atoms with Gasteiger partial charge in [0.2, 0.25) is 0 Å².